The lowest BCUT2D eigenvalue weighted by Crippen LogP contribution is -2.16. The highest BCUT2D eigenvalue weighted by molar-refractivity contribution is 6.30. The Hall–Kier alpha value is -2.42. The molecule has 0 fully saturated rings. The molecule has 0 saturated heterocycles. The summed E-state index contributed by atoms with van der Waals surface area (Å²) in [6, 6.07) is 6.50. The Morgan fingerprint density at radius 1 is 0.889 bits per heavy atom. The van der Waals surface area contributed by atoms with Crippen LogP contribution in [0.5, 0.6) is 0 Å². The zero-order chi connectivity index (χ0) is 20.0. The molecule has 142 valence electrons. The van der Waals surface area contributed by atoms with Gasteiger partial charge in [-0.15, -0.1) is 0 Å². The maximum absolute atomic E-state index is 13.6. The minimum absolute atomic E-state index is 0.146. The van der Waals surface area contributed by atoms with Crippen LogP contribution in [0.15, 0.2) is 30.3 Å². The van der Waals surface area contributed by atoms with Gasteiger partial charge in [0.05, 0.1) is 22.3 Å². The van der Waals surface area contributed by atoms with Gasteiger partial charge in [-0.3, -0.25) is 0 Å². The van der Waals surface area contributed by atoms with Gasteiger partial charge in [-0.1, -0.05) is 30.7 Å². The summed E-state index contributed by atoms with van der Waals surface area (Å²) >= 11 is 5.76. The highest BCUT2D eigenvalue weighted by Gasteiger charge is 2.39. The molecule has 1 aromatic carbocycles. The fraction of sp³-hybridized carbons (Fsp3) is 0.235. The predicted molar refractivity (Wildman–Crippen MR) is 87.2 cm³/mol. The molecule has 0 bridgehead atoms. The monoisotopic (exact) mass is 405 g/mol. The molecular formula is C17H10ClF6N3. The van der Waals surface area contributed by atoms with E-state index in [0.29, 0.717) is 5.02 Å². The van der Waals surface area contributed by atoms with Crippen LogP contribution in [-0.2, 0) is 18.8 Å². The van der Waals surface area contributed by atoms with Crippen molar-refractivity contribution in [1.29, 1.82) is 0 Å². The number of benzene rings is 1. The van der Waals surface area contributed by atoms with Crippen molar-refractivity contribution in [1.82, 2.24) is 15.0 Å². The zero-order valence-corrected chi connectivity index (χ0v) is 14.3. The highest BCUT2D eigenvalue weighted by Crippen LogP contribution is 2.39. The number of rotatable bonds is 2. The molecule has 0 aliphatic carbocycles. The largest absolute Gasteiger partial charge is 0.451 e. The second-order valence-electron chi connectivity index (χ2n) is 5.60. The number of nitrogens with zero attached hydrogens (tertiary/aromatic N) is 3. The zero-order valence-electron chi connectivity index (χ0n) is 13.6. The second-order valence-corrected chi connectivity index (χ2v) is 6.04. The predicted octanol–water partition coefficient (Wildman–Crippen LogP) is 5.95. The Bertz CT molecular complexity index is 997. The highest BCUT2D eigenvalue weighted by atomic mass is 35.5. The number of aryl methyl sites for hydroxylation is 1. The van der Waals surface area contributed by atoms with Crippen LogP contribution < -0.4 is 0 Å². The topological polar surface area (TPSA) is 38.7 Å². The van der Waals surface area contributed by atoms with Crippen LogP contribution in [0.25, 0.3) is 22.3 Å². The van der Waals surface area contributed by atoms with Crippen molar-refractivity contribution in [3.63, 3.8) is 0 Å². The lowest BCUT2D eigenvalue weighted by atomic mass is 10.0. The van der Waals surface area contributed by atoms with Crippen molar-refractivity contribution in [3.8, 4) is 11.3 Å². The first kappa shape index (κ1) is 19.3. The van der Waals surface area contributed by atoms with E-state index in [9.17, 15) is 26.3 Å². The summed E-state index contributed by atoms with van der Waals surface area (Å²) in [7, 11) is 0. The number of halogens is 7. The van der Waals surface area contributed by atoms with E-state index in [-0.39, 0.29) is 23.4 Å². The van der Waals surface area contributed by atoms with E-state index in [1.54, 1.807) is 0 Å². The Labute approximate surface area is 154 Å². The normalized spacial score (nSPS) is 12.6. The molecule has 2 heterocycles. The Kier molecular flexibility index (Phi) is 4.75. The molecule has 27 heavy (non-hydrogen) atoms. The van der Waals surface area contributed by atoms with E-state index in [0.717, 1.165) is 6.07 Å². The third kappa shape index (κ3) is 3.83. The first-order valence-electron chi connectivity index (χ1n) is 7.62. The van der Waals surface area contributed by atoms with Gasteiger partial charge in [-0.05, 0) is 24.6 Å². The van der Waals surface area contributed by atoms with Crippen molar-refractivity contribution in [3.05, 3.63) is 52.4 Å². The molecule has 0 amide bonds. The van der Waals surface area contributed by atoms with Gasteiger partial charge in [0, 0.05) is 10.6 Å². The average Bonchev–Trinajstić information content (AvgIpc) is 2.58. The van der Waals surface area contributed by atoms with Crippen molar-refractivity contribution in [2.24, 2.45) is 0 Å². The Balaban J connectivity index is 2.39. The van der Waals surface area contributed by atoms with Gasteiger partial charge in [0.2, 0.25) is 5.82 Å². The molecule has 0 saturated carbocycles. The summed E-state index contributed by atoms with van der Waals surface area (Å²) in [6.07, 6.45) is -9.88. The molecule has 0 N–H and O–H groups in total. The fourth-order valence-electron chi connectivity index (χ4n) is 2.58. The fourth-order valence-corrected chi connectivity index (χ4v) is 2.71. The molecule has 10 heteroatoms. The molecule has 0 atom stereocenters. The number of alkyl halides is 6. The van der Waals surface area contributed by atoms with Crippen LogP contribution in [0.2, 0.25) is 5.02 Å². The van der Waals surface area contributed by atoms with Crippen molar-refractivity contribution >= 4 is 22.6 Å². The maximum atomic E-state index is 13.6. The molecule has 3 nitrogen and oxygen atoms in total. The third-order valence-corrected chi connectivity index (χ3v) is 4.03. The molecular weight excluding hydrogens is 396 g/mol. The van der Waals surface area contributed by atoms with E-state index in [1.807, 2.05) is 0 Å². The summed E-state index contributed by atoms with van der Waals surface area (Å²) in [6.45, 7) is 1.41. The van der Waals surface area contributed by atoms with Crippen LogP contribution in [0.3, 0.4) is 0 Å². The van der Waals surface area contributed by atoms with Gasteiger partial charge < -0.3 is 0 Å². The SMILES string of the molecule is CCc1nc(C(F)(F)F)nc2nc(-c3ccc(Cl)cc3)cc(C(F)(F)F)c12. The van der Waals surface area contributed by atoms with Gasteiger partial charge in [0.1, 0.15) is 0 Å². The molecule has 2 aromatic heterocycles. The van der Waals surface area contributed by atoms with E-state index in [4.69, 9.17) is 11.6 Å². The van der Waals surface area contributed by atoms with E-state index in [2.05, 4.69) is 15.0 Å². The Morgan fingerprint density at radius 3 is 2.04 bits per heavy atom. The summed E-state index contributed by atoms with van der Waals surface area (Å²) in [5.74, 6) is -1.53. The number of pyridine rings is 1. The number of fused-ring (bicyclic) bond motifs is 1. The molecule has 3 aromatic rings. The smallest absolute Gasteiger partial charge is 0.229 e. The van der Waals surface area contributed by atoms with Crippen molar-refractivity contribution < 1.29 is 26.3 Å². The van der Waals surface area contributed by atoms with Gasteiger partial charge in [0.15, 0.2) is 5.65 Å². The summed E-state index contributed by atoms with van der Waals surface area (Å²) in [4.78, 5) is 10.5. The minimum Gasteiger partial charge on any atom is -0.229 e. The number of aromatic nitrogens is 3. The molecule has 0 unspecified atom stereocenters. The lowest BCUT2D eigenvalue weighted by Gasteiger charge is -2.16. The maximum Gasteiger partial charge on any atom is 0.451 e. The molecule has 3 rings (SSSR count). The van der Waals surface area contributed by atoms with Gasteiger partial charge in [0.25, 0.3) is 0 Å². The first-order chi connectivity index (χ1) is 12.5. The van der Waals surface area contributed by atoms with E-state index >= 15 is 0 Å². The number of hydrogen-bond donors (Lipinski definition) is 0. The second kappa shape index (κ2) is 6.63. The van der Waals surface area contributed by atoms with Crippen molar-refractivity contribution in [2.75, 3.05) is 0 Å². The Morgan fingerprint density at radius 2 is 1.52 bits per heavy atom. The van der Waals surface area contributed by atoms with E-state index < -0.39 is 34.8 Å². The van der Waals surface area contributed by atoms with Crippen LogP contribution in [-0.4, -0.2) is 15.0 Å². The summed E-state index contributed by atoms with van der Waals surface area (Å²) in [5.41, 5.74) is -2.07. The standard InChI is InChI=1S/C17H10ClF6N3/c1-2-11-13-10(16(19,20)21)7-12(8-3-5-9(18)6-4-8)25-14(13)27-15(26-11)17(22,23)24/h3-7H,2H2,1H3. The lowest BCUT2D eigenvalue weighted by molar-refractivity contribution is -0.144. The average molecular weight is 406 g/mol. The summed E-state index contributed by atoms with van der Waals surface area (Å²) < 4.78 is 79.9. The van der Waals surface area contributed by atoms with E-state index in [1.165, 1.54) is 31.2 Å². The quantitative estimate of drug-likeness (QED) is 0.495. The van der Waals surface area contributed by atoms with Gasteiger partial charge in [-0.25, -0.2) is 15.0 Å². The molecule has 0 aliphatic rings. The molecule has 0 spiro atoms. The molecule has 0 radical (unpaired) electrons. The van der Waals surface area contributed by atoms with Crippen LogP contribution in [0.4, 0.5) is 26.3 Å². The van der Waals surface area contributed by atoms with Crippen molar-refractivity contribution in [2.45, 2.75) is 25.7 Å². The first-order valence-corrected chi connectivity index (χ1v) is 8.00. The van der Waals surface area contributed by atoms with Gasteiger partial charge >= 0.3 is 12.4 Å². The van der Waals surface area contributed by atoms with Gasteiger partial charge in [-0.2, -0.15) is 26.3 Å². The summed E-state index contributed by atoms with van der Waals surface area (Å²) in [5, 5.41) is -0.179. The van der Waals surface area contributed by atoms with Crippen LogP contribution in [0, 0.1) is 0 Å². The minimum atomic E-state index is -4.91. The van der Waals surface area contributed by atoms with Crippen LogP contribution >= 0.6 is 11.6 Å². The van der Waals surface area contributed by atoms with Crippen LogP contribution in [0.1, 0.15) is 24.0 Å². The third-order valence-electron chi connectivity index (χ3n) is 3.78. The molecule has 0 aliphatic heterocycles. The number of hydrogen-bond acceptors (Lipinski definition) is 3.